The quantitative estimate of drug-likeness (QED) is 0.512. The molecule has 0 bridgehead atoms. The predicted octanol–water partition coefficient (Wildman–Crippen LogP) is 5.24. The maximum atomic E-state index is 12.5. The minimum atomic E-state index is -0.420. The summed E-state index contributed by atoms with van der Waals surface area (Å²) in [7, 11) is 0. The van der Waals surface area contributed by atoms with Gasteiger partial charge in [0.15, 0.2) is 0 Å². The van der Waals surface area contributed by atoms with E-state index in [1.54, 1.807) is 36.4 Å². The number of esters is 1. The molecule has 0 fully saturated rings. The lowest BCUT2D eigenvalue weighted by atomic mass is 10.1. The highest BCUT2D eigenvalue weighted by Gasteiger charge is 2.17. The van der Waals surface area contributed by atoms with E-state index in [0.717, 1.165) is 11.1 Å². The van der Waals surface area contributed by atoms with Crippen molar-refractivity contribution in [1.82, 2.24) is 5.32 Å². The Hall–Kier alpha value is -3.31. The van der Waals surface area contributed by atoms with Gasteiger partial charge < -0.3 is 15.4 Å². The zero-order valence-electron chi connectivity index (χ0n) is 16.6. The van der Waals surface area contributed by atoms with Crippen molar-refractivity contribution in [2.24, 2.45) is 0 Å². The van der Waals surface area contributed by atoms with E-state index < -0.39 is 12.0 Å². The molecule has 3 aromatic carbocycles. The molecule has 1 atom stereocenters. The molecule has 6 heteroatoms. The maximum Gasteiger partial charge on any atom is 0.338 e. The Morgan fingerprint density at radius 2 is 1.70 bits per heavy atom. The molecule has 0 unspecified atom stereocenters. The monoisotopic (exact) mass is 422 g/mol. The van der Waals surface area contributed by atoms with Crippen LogP contribution in [0.2, 0.25) is 5.02 Å². The van der Waals surface area contributed by atoms with Crippen LogP contribution in [-0.2, 0) is 11.2 Å². The summed E-state index contributed by atoms with van der Waals surface area (Å²) in [5.74, 6) is -0.420. The lowest BCUT2D eigenvalue weighted by Gasteiger charge is -2.19. The minimum Gasteiger partial charge on any atom is -0.460 e. The number of carbonyl (C=O) groups is 2. The number of hydrogen-bond donors (Lipinski definition) is 2. The van der Waals surface area contributed by atoms with E-state index in [1.165, 1.54) is 0 Å². The van der Waals surface area contributed by atoms with E-state index >= 15 is 0 Å². The third-order valence-corrected chi connectivity index (χ3v) is 4.68. The number of nitrogens with one attached hydrogen (secondary N) is 2. The van der Waals surface area contributed by atoms with Gasteiger partial charge in [0.05, 0.1) is 11.6 Å². The number of amides is 2. The Labute approximate surface area is 181 Å². The van der Waals surface area contributed by atoms with Gasteiger partial charge in [-0.1, -0.05) is 59.6 Å². The SMILES string of the molecule is Cc1cccc(C(=O)OC[C@H](Cc2ccccc2)NC(=O)Nc2ccc(Cl)cc2)c1. The second kappa shape index (κ2) is 10.5. The molecule has 0 aliphatic heterocycles. The summed E-state index contributed by atoms with van der Waals surface area (Å²) in [6.07, 6.45) is 0.524. The van der Waals surface area contributed by atoms with E-state index in [9.17, 15) is 9.59 Å². The number of carbonyl (C=O) groups excluding carboxylic acids is 2. The van der Waals surface area contributed by atoms with Crippen molar-refractivity contribution < 1.29 is 14.3 Å². The van der Waals surface area contributed by atoms with Gasteiger partial charge in [-0.2, -0.15) is 0 Å². The van der Waals surface area contributed by atoms with Crippen LogP contribution in [0.3, 0.4) is 0 Å². The van der Waals surface area contributed by atoms with Crippen LogP contribution in [0.1, 0.15) is 21.5 Å². The van der Waals surface area contributed by atoms with Crippen molar-refractivity contribution >= 4 is 29.3 Å². The Bertz CT molecular complexity index is 991. The van der Waals surface area contributed by atoms with E-state index in [4.69, 9.17) is 16.3 Å². The van der Waals surface area contributed by atoms with Crippen molar-refractivity contribution in [3.05, 3.63) is 101 Å². The Balaban J connectivity index is 1.64. The van der Waals surface area contributed by atoms with Crippen LogP contribution in [0.25, 0.3) is 0 Å². The van der Waals surface area contributed by atoms with Crippen LogP contribution in [-0.4, -0.2) is 24.6 Å². The van der Waals surface area contributed by atoms with Crippen LogP contribution in [0, 0.1) is 6.92 Å². The fraction of sp³-hybridized carbons (Fsp3) is 0.167. The van der Waals surface area contributed by atoms with Gasteiger partial charge in [-0.3, -0.25) is 0 Å². The van der Waals surface area contributed by atoms with Crippen molar-refractivity contribution in [3.63, 3.8) is 0 Å². The molecule has 3 aromatic rings. The van der Waals surface area contributed by atoms with Crippen LogP contribution in [0.5, 0.6) is 0 Å². The Morgan fingerprint density at radius 3 is 2.40 bits per heavy atom. The molecule has 3 rings (SSSR count). The van der Waals surface area contributed by atoms with Gasteiger partial charge in [0.1, 0.15) is 6.61 Å². The number of benzene rings is 3. The molecule has 0 aliphatic rings. The number of urea groups is 1. The van der Waals surface area contributed by atoms with Gasteiger partial charge in [-0.15, -0.1) is 0 Å². The first-order chi connectivity index (χ1) is 14.5. The molecule has 0 aliphatic carbocycles. The zero-order chi connectivity index (χ0) is 21.3. The van der Waals surface area contributed by atoms with Crippen LogP contribution in [0.15, 0.2) is 78.9 Å². The predicted molar refractivity (Wildman–Crippen MR) is 119 cm³/mol. The molecular weight excluding hydrogens is 400 g/mol. The molecular formula is C24H23ClN2O3. The summed E-state index contributed by atoms with van der Waals surface area (Å²) in [6.45, 7) is 1.97. The lowest BCUT2D eigenvalue weighted by molar-refractivity contribution is 0.0469. The smallest absolute Gasteiger partial charge is 0.338 e. The summed E-state index contributed by atoms with van der Waals surface area (Å²) in [5.41, 5.74) is 3.11. The molecule has 0 spiro atoms. The minimum absolute atomic E-state index is 0.0513. The average molecular weight is 423 g/mol. The molecule has 154 valence electrons. The molecule has 5 nitrogen and oxygen atoms in total. The highest BCUT2D eigenvalue weighted by molar-refractivity contribution is 6.30. The van der Waals surface area contributed by atoms with Crippen LogP contribution >= 0.6 is 11.6 Å². The number of hydrogen-bond acceptors (Lipinski definition) is 3. The summed E-state index contributed by atoms with van der Waals surface area (Å²) >= 11 is 5.88. The fourth-order valence-corrected chi connectivity index (χ4v) is 3.09. The summed E-state index contributed by atoms with van der Waals surface area (Å²) in [5, 5.41) is 6.24. The van der Waals surface area contributed by atoms with Crippen LogP contribution in [0.4, 0.5) is 10.5 Å². The Morgan fingerprint density at radius 1 is 0.967 bits per heavy atom. The molecule has 0 heterocycles. The molecule has 0 aromatic heterocycles. The van der Waals surface area contributed by atoms with E-state index in [1.807, 2.05) is 49.4 Å². The summed E-state index contributed by atoms with van der Waals surface area (Å²) in [4.78, 5) is 24.9. The van der Waals surface area contributed by atoms with Gasteiger partial charge in [0, 0.05) is 10.7 Å². The number of anilines is 1. The highest BCUT2D eigenvalue weighted by Crippen LogP contribution is 2.13. The first kappa shape index (κ1) is 21.4. The zero-order valence-corrected chi connectivity index (χ0v) is 17.4. The van der Waals surface area contributed by atoms with Crippen molar-refractivity contribution in [2.45, 2.75) is 19.4 Å². The topological polar surface area (TPSA) is 67.4 Å². The molecule has 2 amide bonds. The summed E-state index contributed by atoms with van der Waals surface area (Å²) in [6, 6.07) is 23.0. The van der Waals surface area contributed by atoms with Gasteiger partial charge in [0.25, 0.3) is 0 Å². The third-order valence-electron chi connectivity index (χ3n) is 4.43. The molecule has 0 radical (unpaired) electrons. The number of halogens is 1. The normalized spacial score (nSPS) is 11.4. The van der Waals surface area contributed by atoms with Crippen molar-refractivity contribution in [3.8, 4) is 0 Å². The van der Waals surface area contributed by atoms with E-state index in [0.29, 0.717) is 22.7 Å². The Kier molecular flexibility index (Phi) is 7.46. The van der Waals surface area contributed by atoms with E-state index in [-0.39, 0.29) is 12.6 Å². The molecule has 30 heavy (non-hydrogen) atoms. The summed E-state index contributed by atoms with van der Waals surface area (Å²) < 4.78 is 5.49. The number of aryl methyl sites for hydroxylation is 1. The van der Waals surface area contributed by atoms with Gasteiger partial charge >= 0.3 is 12.0 Å². The van der Waals surface area contributed by atoms with Gasteiger partial charge in [0.2, 0.25) is 0 Å². The number of ether oxygens (including phenoxy) is 1. The highest BCUT2D eigenvalue weighted by atomic mass is 35.5. The second-order valence-electron chi connectivity index (χ2n) is 6.96. The first-order valence-corrected chi connectivity index (χ1v) is 9.98. The van der Waals surface area contributed by atoms with Gasteiger partial charge in [-0.25, -0.2) is 9.59 Å². The maximum absolute atomic E-state index is 12.5. The van der Waals surface area contributed by atoms with E-state index in [2.05, 4.69) is 10.6 Å². The van der Waals surface area contributed by atoms with Gasteiger partial charge in [-0.05, 0) is 55.3 Å². The van der Waals surface area contributed by atoms with Crippen LogP contribution < -0.4 is 10.6 Å². The van der Waals surface area contributed by atoms with Crippen molar-refractivity contribution in [2.75, 3.05) is 11.9 Å². The largest absolute Gasteiger partial charge is 0.460 e. The lowest BCUT2D eigenvalue weighted by Crippen LogP contribution is -2.42. The fourth-order valence-electron chi connectivity index (χ4n) is 2.97. The standard InChI is InChI=1S/C24H23ClN2O3/c1-17-6-5-9-19(14-17)23(28)30-16-22(15-18-7-3-2-4-8-18)27-24(29)26-21-12-10-20(25)11-13-21/h2-14,22H,15-16H2,1H3,(H2,26,27,29)/t22-/m0/s1. The average Bonchev–Trinajstić information content (AvgIpc) is 2.74. The molecule has 0 saturated carbocycles. The third kappa shape index (κ3) is 6.64. The molecule has 0 saturated heterocycles. The number of rotatable bonds is 7. The second-order valence-corrected chi connectivity index (χ2v) is 7.40. The van der Waals surface area contributed by atoms with Crippen molar-refractivity contribution in [1.29, 1.82) is 0 Å². The first-order valence-electron chi connectivity index (χ1n) is 9.60. The molecule has 2 N–H and O–H groups in total.